The molecule has 2 heterocycles. The fourth-order valence-corrected chi connectivity index (χ4v) is 3.18. The van der Waals surface area contributed by atoms with Gasteiger partial charge in [0.1, 0.15) is 17.3 Å². The zero-order chi connectivity index (χ0) is 20.8. The summed E-state index contributed by atoms with van der Waals surface area (Å²) in [6, 6.07) is 5.42. The molecule has 10 heteroatoms. The van der Waals surface area contributed by atoms with Crippen molar-refractivity contribution in [2.45, 2.75) is 31.5 Å². The first-order chi connectivity index (χ1) is 13.8. The summed E-state index contributed by atoms with van der Waals surface area (Å²) in [4.78, 5) is 24.2. The number of halogens is 4. The van der Waals surface area contributed by atoms with Crippen LogP contribution in [0, 0.1) is 5.82 Å². The predicted molar refractivity (Wildman–Crippen MR) is 94.0 cm³/mol. The summed E-state index contributed by atoms with van der Waals surface area (Å²) in [6.07, 6.45) is -2.95. The summed E-state index contributed by atoms with van der Waals surface area (Å²) in [5, 5.41) is 5.94. The van der Waals surface area contributed by atoms with E-state index in [4.69, 9.17) is 4.52 Å². The molecular weight excluding hydrogens is 394 g/mol. The highest BCUT2D eigenvalue weighted by Crippen LogP contribution is 2.40. The molecule has 1 saturated carbocycles. The van der Waals surface area contributed by atoms with Gasteiger partial charge < -0.3 is 14.4 Å². The van der Waals surface area contributed by atoms with Crippen LogP contribution in [-0.4, -0.2) is 22.2 Å². The number of nitrogens with zero attached hydrogens (tertiary/aromatic N) is 2. The van der Waals surface area contributed by atoms with Crippen molar-refractivity contribution in [3.8, 4) is 0 Å². The zero-order valence-electron chi connectivity index (χ0n) is 14.9. The molecule has 1 aromatic carbocycles. The third-order valence-electron chi connectivity index (χ3n) is 4.73. The number of carbonyl (C=O) groups excluding carboxylic acids is 1. The molecule has 1 amide bonds. The van der Waals surface area contributed by atoms with Crippen molar-refractivity contribution in [1.82, 2.24) is 15.0 Å². The number of hydrogen-bond donors (Lipinski definition) is 1. The Balaban J connectivity index is 1.60. The van der Waals surface area contributed by atoms with Crippen molar-refractivity contribution in [2.75, 3.05) is 6.54 Å². The Kier molecular flexibility index (Phi) is 4.64. The Labute approximate surface area is 161 Å². The van der Waals surface area contributed by atoms with E-state index in [2.05, 4.69) is 10.5 Å². The molecule has 0 spiro atoms. The Morgan fingerprint density at radius 3 is 2.72 bits per heavy atom. The van der Waals surface area contributed by atoms with Crippen LogP contribution in [-0.2, 0) is 12.7 Å². The van der Waals surface area contributed by atoms with Gasteiger partial charge in [0.2, 0.25) is 0 Å². The summed E-state index contributed by atoms with van der Waals surface area (Å²) in [6.45, 7) is -0.633. The van der Waals surface area contributed by atoms with Crippen molar-refractivity contribution in [3.05, 3.63) is 63.5 Å². The lowest BCUT2D eigenvalue weighted by atomic mass is 10.1. The van der Waals surface area contributed by atoms with Gasteiger partial charge in [0.15, 0.2) is 11.1 Å². The number of rotatable bonds is 5. The molecule has 0 unspecified atom stereocenters. The number of nitrogens with one attached hydrogen (secondary N) is 1. The molecule has 3 aromatic rings. The normalized spacial score (nSPS) is 14.3. The summed E-state index contributed by atoms with van der Waals surface area (Å²) >= 11 is 0. The first kappa shape index (κ1) is 19.2. The lowest BCUT2D eigenvalue weighted by Gasteiger charge is -2.19. The lowest BCUT2D eigenvalue weighted by molar-refractivity contribution is -0.143. The monoisotopic (exact) mass is 409 g/mol. The van der Waals surface area contributed by atoms with E-state index in [1.165, 1.54) is 18.2 Å². The molecule has 0 saturated heterocycles. The third-order valence-corrected chi connectivity index (χ3v) is 4.73. The standard InChI is InChI=1S/C19H15F4N3O3/c20-12-3-1-2-11-14(27)9-16(19(21,22)23)26(17(11)12)7-6-24-18(28)13-8-15(29-25-13)10-4-5-10/h1-3,8-10H,4-7H2,(H,24,28). The van der Waals surface area contributed by atoms with Crippen LogP contribution < -0.4 is 10.7 Å². The van der Waals surface area contributed by atoms with Gasteiger partial charge in [0.25, 0.3) is 5.91 Å². The Morgan fingerprint density at radius 2 is 2.03 bits per heavy atom. The van der Waals surface area contributed by atoms with Gasteiger partial charge in [-0.15, -0.1) is 0 Å². The van der Waals surface area contributed by atoms with E-state index in [1.807, 2.05) is 0 Å². The molecule has 1 N–H and O–H groups in total. The van der Waals surface area contributed by atoms with Crippen LogP contribution in [0.4, 0.5) is 17.6 Å². The van der Waals surface area contributed by atoms with Gasteiger partial charge in [0, 0.05) is 36.5 Å². The van der Waals surface area contributed by atoms with E-state index in [0.29, 0.717) is 16.4 Å². The summed E-state index contributed by atoms with van der Waals surface area (Å²) < 4.78 is 60.3. The third kappa shape index (κ3) is 3.74. The number of para-hydroxylation sites is 1. The van der Waals surface area contributed by atoms with Crippen molar-refractivity contribution in [2.24, 2.45) is 0 Å². The highest BCUT2D eigenvalue weighted by molar-refractivity contribution is 5.92. The van der Waals surface area contributed by atoms with Crippen LogP contribution in [0.15, 0.2) is 39.6 Å². The molecule has 0 aliphatic heterocycles. The van der Waals surface area contributed by atoms with Crippen molar-refractivity contribution in [3.63, 3.8) is 0 Å². The maximum absolute atomic E-state index is 14.3. The number of carbonyl (C=O) groups is 1. The smallest absolute Gasteiger partial charge is 0.360 e. The summed E-state index contributed by atoms with van der Waals surface area (Å²) in [5.41, 5.74) is -2.65. The van der Waals surface area contributed by atoms with Crippen LogP contribution >= 0.6 is 0 Å². The zero-order valence-corrected chi connectivity index (χ0v) is 14.9. The van der Waals surface area contributed by atoms with Gasteiger partial charge in [-0.3, -0.25) is 9.59 Å². The highest BCUT2D eigenvalue weighted by Gasteiger charge is 2.35. The fraction of sp³-hybridized carbons (Fsp3) is 0.316. The van der Waals surface area contributed by atoms with E-state index < -0.39 is 41.1 Å². The number of alkyl halides is 3. The highest BCUT2D eigenvalue weighted by atomic mass is 19.4. The number of benzene rings is 1. The first-order valence-electron chi connectivity index (χ1n) is 8.90. The topological polar surface area (TPSA) is 77.1 Å². The SMILES string of the molecule is O=C(NCCn1c(C(F)(F)F)cc(=O)c2cccc(F)c21)c1cc(C2CC2)on1. The van der Waals surface area contributed by atoms with E-state index in [9.17, 15) is 27.2 Å². The van der Waals surface area contributed by atoms with E-state index in [1.54, 1.807) is 0 Å². The first-order valence-corrected chi connectivity index (χ1v) is 8.90. The molecule has 6 nitrogen and oxygen atoms in total. The molecule has 1 fully saturated rings. The van der Waals surface area contributed by atoms with Crippen LogP contribution in [0.2, 0.25) is 0 Å². The number of pyridine rings is 1. The molecular formula is C19H15F4N3O3. The Hall–Kier alpha value is -3.17. The number of aromatic nitrogens is 2. The van der Waals surface area contributed by atoms with Gasteiger partial charge in [-0.05, 0) is 25.0 Å². The maximum Gasteiger partial charge on any atom is 0.431 e. The molecule has 29 heavy (non-hydrogen) atoms. The average Bonchev–Trinajstić information content (AvgIpc) is 3.39. The van der Waals surface area contributed by atoms with Gasteiger partial charge in [-0.25, -0.2) is 4.39 Å². The van der Waals surface area contributed by atoms with E-state index >= 15 is 0 Å². The van der Waals surface area contributed by atoms with E-state index in [-0.39, 0.29) is 23.5 Å². The molecule has 4 rings (SSSR count). The van der Waals surface area contributed by atoms with E-state index in [0.717, 1.165) is 18.9 Å². The largest absolute Gasteiger partial charge is 0.431 e. The van der Waals surface area contributed by atoms with Gasteiger partial charge >= 0.3 is 6.18 Å². The predicted octanol–water partition coefficient (Wildman–Crippen LogP) is 3.45. The average molecular weight is 409 g/mol. The lowest BCUT2D eigenvalue weighted by Crippen LogP contribution is -2.30. The van der Waals surface area contributed by atoms with Gasteiger partial charge in [-0.1, -0.05) is 11.2 Å². The fourth-order valence-electron chi connectivity index (χ4n) is 3.18. The van der Waals surface area contributed by atoms with Crippen LogP contribution in [0.5, 0.6) is 0 Å². The molecule has 0 radical (unpaired) electrons. The molecule has 152 valence electrons. The quantitative estimate of drug-likeness (QED) is 0.655. The van der Waals surface area contributed by atoms with Gasteiger partial charge in [0.05, 0.1) is 5.52 Å². The summed E-state index contributed by atoms with van der Waals surface area (Å²) in [7, 11) is 0. The van der Waals surface area contributed by atoms with Crippen LogP contribution in [0.1, 0.15) is 40.7 Å². The minimum absolute atomic E-state index is 0.0267. The van der Waals surface area contributed by atoms with Crippen LogP contribution in [0.3, 0.4) is 0 Å². The molecule has 0 bridgehead atoms. The molecule has 1 aliphatic carbocycles. The second-order valence-electron chi connectivity index (χ2n) is 6.82. The second kappa shape index (κ2) is 7.02. The second-order valence-corrected chi connectivity index (χ2v) is 6.82. The van der Waals surface area contributed by atoms with Crippen LogP contribution in [0.25, 0.3) is 10.9 Å². The van der Waals surface area contributed by atoms with Crippen molar-refractivity contribution < 1.29 is 26.9 Å². The minimum atomic E-state index is -4.87. The van der Waals surface area contributed by atoms with Gasteiger partial charge in [-0.2, -0.15) is 13.2 Å². The maximum atomic E-state index is 14.3. The number of amides is 1. The van der Waals surface area contributed by atoms with Crippen molar-refractivity contribution in [1.29, 1.82) is 0 Å². The summed E-state index contributed by atoms with van der Waals surface area (Å²) in [5.74, 6) is -0.709. The Bertz CT molecular complexity index is 1150. The molecule has 1 aliphatic rings. The minimum Gasteiger partial charge on any atom is -0.360 e. The molecule has 2 aromatic heterocycles. The number of hydrogen-bond acceptors (Lipinski definition) is 4. The van der Waals surface area contributed by atoms with Crippen molar-refractivity contribution >= 4 is 16.8 Å². The molecule has 0 atom stereocenters. The Morgan fingerprint density at radius 1 is 1.28 bits per heavy atom. The number of fused-ring (bicyclic) bond motifs is 1.